The topological polar surface area (TPSA) is 68.9 Å². The van der Waals surface area contributed by atoms with Crippen molar-refractivity contribution in [3.8, 4) is 5.75 Å². The highest BCUT2D eigenvalue weighted by atomic mass is 32.2. The Bertz CT molecular complexity index is 488. The van der Waals surface area contributed by atoms with Crippen LogP contribution in [-0.2, 0) is 4.74 Å². The van der Waals surface area contributed by atoms with E-state index in [0.29, 0.717) is 12.5 Å². The Labute approximate surface area is 130 Å². The number of nitrogens with two attached hydrogens (primary N) is 1. The summed E-state index contributed by atoms with van der Waals surface area (Å²) < 4.78 is 10.8. The van der Waals surface area contributed by atoms with Crippen molar-refractivity contribution in [2.75, 3.05) is 38.4 Å². The monoisotopic (exact) mass is 309 g/mol. The van der Waals surface area contributed by atoms with Crippen molar-refractivity contribution in [3.05, 3.63) is 24.3 Å². The molecule has 0 atom stereocenters. The molecule has 1 aliphatic rings. The van der Waals surface area contributed by atoms with Gasteiger partial charge in [-0.25, -0.2) is 0 Å². The highest BCUT2D eigenvalue weighted by molar-refractivity contribution is 8.00. The number of benzene rings is 1. The van der Waals surface area contributed by atoms with Crippen LogP contribution >= 0.6 is 11.8 Å². The molecule has 0 unspecified atom stereocenters. The van der Waals surface area contributed by atoms with E-state index in [-0.39, 0.29) is 4.75 Å². The number of anilines is 1. The predicted molar refractivity (Wildman–Crippen MR) is 89.4 cm³/mol. The Balaban J connectivity index is 1.96. The number of nitrogens with one attached hydrogen (secondary N) is 1. The Morgan fingerprint density at radius 2 is 2.24 bits per heavy atom. The third-order valence-corrected chi connectivity index (χ3v) is 5.12. The van der Waals surface area contributed by atoms with Crippen LogP contribution < -0.4 is 15.8 Å². The van der Waals surface area contributed by atoms with Gasteiger partial charge >= 0.3 is 0 Å². The fraction of sp³-hybridized carbons (Fsp3) is 0.533. The largest absolute Gasteiger partial charge is 0.497 e. The second-order valence-corrected chi connectivity index (χ2v) is 6.33. The van der Waals surface area contributed by atoms with Crippen molar-refractivity contribution in [3.63, 3.8) is 0 Å². The average Bonchev–Trinajstić information content (AvgIpc) is 2.54. The summed E-state index contributed by atoms with van der Waals surface area (Å²) in [6.07, 6.45) is 4.17. The highest BCUT2D eigenvalue weighted by Crippen LogP contribution is 2.34. The van der Waals surface area contributed by atoms with E-state index in [1.165, 1.54) is 0 Å². The number of nitrogens with zero attached hydrogens (tertiary/aromatic N) is 1. The number of guanidine groups is 1. The van der Waals surface area contributed by atoms with Gasteiger partial charge in [-0.1, -0.05) is 6.07 Å². The van der Waals surface area contributed by atoms with Crippen molar-refractivity contribution < 1.29 is 9.47 Å². The standard InChI is InChI=1S/C15H23N3O2S/c1-19-13-5-3-4-12(10-13)18-14(16)17-11-15(21-2)6-8-20-9-7-15/h3-5,10H,6-9,11H2,1-2H3,(H3,16,17,18). The SMILES string of the molecule is COc1cccc(NC(N)=NCC2(SC)CCOCC2)c1. The van der Waals surface area contributed by atoms with Gasteiger partial charge in [0.25, 0.3) is 0 Å². The molecule has 6 heteroatoms. The molecule has 5 nitrogen and oxygen atoms in total. The summed E-state index contributed by atoms with van der Waals surface area (Å²) in [6, 6.07) is 7.63. The van der Waals surface area contributed by atoms with Gasteiger partial charge in [-0.15, -0.1) is 0 Å². The highest BCUT2D eigenvalue weighted by Gasteiger charge is 2.31. The van der Waals surface area contributed by atoms with E-state index in [1.54, 1.807) is 7.11 Å². The molecule has 2 rings (SSSR count). The lowest BCUT2D eigenvalue weighted by Gasteiger charge is -2.34. The second kappa shape index (κ2) is 7.56. The van der Waals surface area contributed by atoms with Crippen LogP contribution in [0.15, 0.2) is 29.3 Å². The number of hydrogen-bond donors (Lipinski definition) is 2. The van der Waals surface area contributed by atoms with E-state index in [1.807, 2.05) is 36.0 Å². The first kappa shape index (κ1) is 16.0. The molecule has 0 aliphatic carbocycles. The fourth-order valence-electron chi connectivity index (χ4n) is 2.29. The molecule has 0 spiro atoms. The molecule has 0 saturated carbocycles. The van der Waals surface area contributed by atoms with Gasteiger partial charge in [-0.05, 0) is 31.2 Å². The number of aliphatic imine (C=N–C) groups is 1. The summed E-state index contributed by atoms with van der Waals surface area (Å²) in [6.45, 7) is 2.32. The minimum Gasteiger partial charge on any atom is -0.497 e. The Morgan fingerprint density at radius 1 is 1.48 bits per heavy atom. The van der Waals surface area contributed by atoms with Crippen LogP contribution in [0.25, 0.3) is 0 Å². The lowest BCUT2D eigenvalue weighted by atomic mass is 9.99. The van der Waals surface area contributed by atoms with Gasteiger partial charge in [0.15, 0.2) is 5.96 Å². The predicted octanol–water partition coefficient (Wildman–Crippen LogP) is 2.33. The van der Waals surface area contributed by atoms with Gasteiger partial charge in [0.05, 0.1) is 13.7 Å². The number of rotatable bonds is 5. The van der Waals surface area contributed by atoms with Crippen LogP contribution in [0, 0.1) is 0 Å². The van der Waals surface area contributed by atoms with E-state index in [9.17, 15) is 0 Å². The Hall–Kier alpha value is -1.40. The van der Waals surface area contributed by atoms with Crippen molar-refractivity contribution in [1.82, 2.24) is 0 Å². The first-order valence-electron chi connectivity index (χ1n) is 7.01. The van der Waals surface area contributed by atoms with Crippen molar-refractivity contribution in [2.45, 2.75) is 17.6 Å². The van der Waals surface area contributed by atoms with E-state index < -0.39 is 0 Å². The number of methoxy groups -OCH3 is 1. The van der Waals surface area contributed by atoms with E-state index >= 15 is 0 Å². The van der Waals surface area contributed by atoms with Gasteiger partial charge in [0.2, 0.25) is 0 Å². The van der Waals surface area contributed by atoms with Crippen LogP contribution in [-0.4, -0.2) is 43.8 Å². The molecule has 0 amide bonds. The fourth-order valence-corrected chi connectivity index (χ4v) is 3.06. The molecule has 1 aliphatic heterocycles. The lowest BCUT2D eigenvalue weighted by molar-refractivity contribution is 0.0794. The second-order valence-electron chi connectivity index (χ2n) is 5.06. The molecule has 0 radical (unpaired) electrons. The summed E-state index contributed by atoms with van der Waals surface area (Å²) >= 11 is 1.86. The van der Waals surface area contributed by atoms with Crippen LogP contribution in [0.1, 0.15) is 12.8 Å². The Morgan fingerprint density at radius 3 is 2.90 bits per heavy atom. The maximum absolute atomic E-state index is 5.99. The van der Waals surface area contributed by atoms with Gasteiger partial charge in [0, 0.05) is 29.7 Å². The Kier molecular flexibility index (Phi) is 5.76. The van der Waals surface area contributed by atoms with E-state index in [4.69, 9.17) is 15.2 Å². The quantitative estimate of drug-likeness (QED) is 0.645. The first-order chi connectivity index (χ1) is 10.2. The number of ether oxygens (including phenoxy) is 2. The molecular weight excluding hydrogens is 286 g/mol. The number of thioether (sulfide) groups is 1. The van der Waals surface area contributed by atoms with Gasteiger partial charge in [0.1, 0.15) is 5.75 Å². The minimum atomic E-state index is 0.152. The van der Waals surface area contributed by atoms with Gasteiger partial charge in [-0.2, -0.15) is 11.8 Å². The van der Waals surface area contributed by atoms with Crippen LogP contribution in [0.5, 0.6) is 5.75 Å². The molecule has 1 aromatic carbocycles. The van der Waals surface area contributed by atoms with Crippen LogP contribution in [0.4, 0.5) is 5.69 Å². The molecule has 0 aromatic heterocycles. The zero-order chi connectivity index (χ0) is 15.1. The average molecular weight is 309 g/mol. The zero-order valence-electron chi connectivity index (χ0n) is 12.6. The van der Waals surface area contributed by atoms with Crippen molar-refractivity contribution >= 4 is 23.4 Å². The first-order valence-corrected chi connectivity index (χ1v) is 8.24. The van der Waals surface area contributed by atoms with Gasteiger partial charge < -0.3 is 20.5 Å². The summed E-state index contributed by atoms with van der Waals surface area (Å²) in [5.41, 5.74) is 6.86. The molecule has 21 heavy (non-hydrogen) atoms. The van der Waals surface area contributed by atoms with Crippen LogP contribution in [0.3, 0.4) is 0 Å². The lowest BCUT2D eigenvalue weighted by Crippen LogP contribution is -2.37. The zero-order valence-corrected chi connectivity index (χ0v) is 13.4. The smallest absolute Gasteiger partial charge is 0.193 e. The van der Waals surface area contributed by atoms with Crippen molar-refractivity contribution in [2.24, 2.45) is 10.7 Å². The third-order valence-electron chi connectivity index (χ3n) is 3.72. The molecule has 3 N–H and O–H groups in total. The molecule has 116 valence electrons. The summed E-state index contributed by atoms with van der Waals surface area (Å²) in [4.78, 5) is 4.51. The molecule has 1 fully saturated rings. The van der Waals surface area contributed by atoms with Crippen molar-refractivity contribution in [1.29, 1.82) is 0 Å². The van der Waals surface area contributed by atoms with Gasteiger partial charge in [-0.3, -0.25) is 4.99 Å². The number of hydrogen-bond acceptors (Lipinski definition) is 4. The summed E-state index contributed by atoms with van der Waals surface area (Å²) in [7, 11) is 1.64. The maximum atomic E-state index is 5.99. The molecule has 0 bridgehead atoms. The summed E-state index contributed by atoms with van der Waals surface area (Å²) in [5.74, 6) is 1.22. The third kappa shape index (κ3) is 4.54. The van der Waals surface area contributed by atoms with Crippen LogP contribution in [0.2, 0.25) is 0 Å². The molecule has 1 heterocycles. The van der Waals surface area contributed by atoms with E-state index in [2.05, 4.69) is 16.6 Å². The van der Waals surface area contributed by atoms with E-state index in [0.717, 1.165) is 37.5 Å². The molecule has 1 aromatic rings. The normalized spacial score (nSPS) is 18.3. The molecule has 1 saturated heterocycles. The molecular formula is C15H23N3O2S. The summed E-state index contributed by atoms with van der Waals surface area (Å²) in [5, 5.41) is 3.10. The maximum Gasteiger partial charge on any atom is 0.193 e. The minimum absolute atomic E-state index is 0.152.